The van der Waals surface area contributed by atoms with E-state index >= 15 is 0 Å². The van der Waals surface area contributed by atoms with Gasteiger partial charge in [0.05, 0.1) is 0 Å². The molecule has 0 radical (unpaired) electrons. The fraction of sp³-hybridized carbons (Fsp3) is 0.235. The Morgan fingerprint density at radius 3 is 2.40 bits per heavy atom. The van der Waals surface area contributed by atoms with Crippen LogP contribution in [0.2, 0.25) is 0 Å². The van der Waals surface area contributed by atoms with Gasteiger partial charge in [0.2, 0.25) is 0 Å². The monoisotopic (exact) mass is 268 g/mol. The van der Waals surface area contributed by atoms with Crippen molar-refractivity contribution in [2.24, 2.45) is 0 Å². The van der Waals surface area contributed by atoms with Crippen LogP contribution >= 0.6 is 0 Å². The van der Waals surface area contributed by atoms with Gasteiger partial charge in [0.15, 0.2) is 0 Å². The van der Waals surface area contributed by atoms with Gasteiger partial charge in [-0.25, -0.2) is 0 Å². The van der Waals surface area contributed by atoms with E-state index in [1.807, 2.05) is 24.3 Å². The third-order valence-electron chi connectivity index (χ3n) is 3.12. The van der Waals surface area contributed by atoms with E-state index in [0.717, 1.165) is 12.2 Å². The number of nitrogens with one attached hydrogen (secondary N) is 1. The highest BCUT2D eigenvalue weighted by molar-refractivity contribution is 5.94. The molecule has 0 unspecified atom stereocenters. The lowest BCUT2D eigenvalue weighted by atomic mass is 10.1. The third kappa shape index (κ3) is 3.60. The first-order valence-electron chi connectivity index (χ1n) is 6.67. The van der Waals surface area contributed by atoms with Crippen molar-refractivity contribution in [3.63, 3.8) is 0 Å². The summed E-state index contributed by atoms with van der Waals surface area (Å²) in [6.45, 7) is 2.87. The van der Waals surface area contributed by atoms with E-state index in [9.17, 15) is 4.79 Å². The Labute approximate surface area is 120 Å². The maximum atomic E-state index is 11.8. The second kappa shape index (κ2) is 6.24. The molecule has 2 aromatic rings. The van der Waals surface area contributed by atoms with Gasteiger partial charge in [0.25, 0.3) is 5.91 Å². The van der Waals surface area contributed by atoms with Crippen LogP contribution in [0.5, 0.6) is 0 Å². The standard InChI is InChI=1S/C17H20N2O/c1-13-5-4-6-14(11-13)12-18-16-9-7-15(8-10-16)17(20)19(2)3/h4-11,18H,12H2,1-3H3. The van der Waals surface area contributed by atoms with E-state index in [4.69, 9.17) is 0 Å². The Morgan fingerprint density at radius 2 is 1.80 bits per heavy atom. The zero-order valence-corrected chi connectivity index (χ0v) is 12.2. The van der Waals surface area contributed by atoms with E-state index in [0.29, 0.717) is 5.56 Å². The Balaban J connectivity index is 1.99. The van der Waals surface area contributed by atoms with Gasteiger partial charge in [-0.2, -0.15) is 0 Å². The molecule has 0 fully saturated rings. The van der Waals surface area contributed by atoms with Crippen molar-refractivity contribution in [2.45, 2.75) is 13.5 Å². The first kappa shape index (κ1) is 14.1. The largest absolute Gasteiger partial charge is 0.381 e. The molecule has 3 nitrogen and oxygen atoms in total. The molecule has 2 rings (SSSR count). The molecule has 0 bridgehead atoms. The predicted octanol–water partition coefficient (Wildman–Crippen LogP) is 3.31. The van der Waals surface area contributed by atoms with Gasteiger partial charge in [0.1, 0.15) is 0 Å². The summed E-state index contributed by atoms with van der Waals surface area (Å²) in [6, 6.07) is 16.0. The van der Waals surface area contributed by atoms with Gasteiger partial charge in [0, 0.05) is 31.9 Å². The Morgan fingerprint density at radius 1 is 1.10 bits per heavy atom. The Kier molecular flexibility index (Phi) is 4.41. The molecule has 0 saturated carbocycles. The molecule has 0 atom stereocenters. The summed E-state index contributed by atoms with van der Waals surface area (Å²) in [5.74, 6) is 0.0234. The zero-order chi connectivity index (χ0) is 14.5. The van der Waals surface area contributed by atoms with Crippen LogP contribution in [0.25, 0.3) is 0 Å². The molecule has 0 spiro atoms. The van der Waals surface area contributed by atoms with Crippen LogP contribution in [0, 0.1) is 6.92 Å². The fourth-order valence-corrected chi connectivity index (χ4v) is 2.02. The number of anilines is 1. The van der Waals surface area contributed by atoms with Crippen LogP contribution in [-0.4, -0.2) is 24.9 Å². The average molecular weight is 268 g/mol. The number of carbonyl (C=O) groups excluding carboxylic acids is 1. The molecule has 0 aliphatic carbocycles. The van der Waals surface area contributed by atoms with E-state index in [1.54, 1.807) is 19.0 Å². The molecule has 104 valence electrons. The number of rotatable bonds is 4. The van der Waals surface area contributed by atoms with Crippen LogP contribution in [0.4, 0.5) is 5.69 Å². The molecule has 20 heavy (non-hydrogen) atoms. The van der Waals surface area contributed by atoms with Gasteiger partial charge >= 0.3 is 0 Å². The number of aryl methyl sites for hydroxylation is 1. The van der Waals surface area contributed by atoms with Crippen molar-refractivity contribution in [1.29, 1.82) is 0 Å². The smallest absolute Gasteiger partial charge is 0.253 e. The van der Waals surface area contributed by atoms with E-state index in [2.05, 4.69) is 36.5 Å². The van der Waals surface area contributed by atoms with Crippen molar-refractivity contribution in [1.82, 2.24) is 4.90 Å². The number of hydrogen-bond donors (Lipinski definition) is 1. The maximum Gasteiger partial charge on any atom is 0.253 e. The lowest BCUT2D eigenvalue weighted by molar-refractivity contribution is 0.0827. The highest BCUT2D eigenvalue weighted by Gasteiger charge is 2.06. The summed E-state index contributed by atoms with van der Waals surface area (Å²) < 4.78 is 0. The molecule has 2 aromatic carbocycles. The summed E-state index contributed by atoms with van der Waals surface area (Å²) in [4.78, 5) is 13.4. The summed E-state index contributed by atoms with van der Waals surface area (Å²) in [6.07, 6.45) is 0. The first-order valence-corrected chi connectivity index (χ1v) is 6.67. The molecule has 0 aliphatic rings. The summed E-state index contributed by atoms with van der Waals surface area (Å²) in [7, 11) is 3.51. The maximum absolute atomic E-state index is 11.8. The van der Waals surface area contributed by atoms with Gasteiger partial charge in [-0.15, -0.1) is 0 Å². The van der Waals surface area contributed by atoms with Crippen LogP contribution in [0.1, 0.15) is 21.5 Å². The number of hydrogen-bond acceptors (Lipinski definition) is 2. The number of nitrogens with zero attached hydrogens (tertiary/aromatic N) is 1. The first-order chi connectivity index (χ1) is 9.56. The van der Waals surface area contributed by atoms with Crippen LogP contribution in [-0.2, 0) is 6.54 Å². The summed E-state index contributed by atoms with van der Waals surface area (Å²) in [5, 5.41) is 3.36. The van der Waals surface area contributed by atoms with Gasteiger partial charge in [-0.1, -0.05) is 29.8 Å². The van der Waals surface area contributed by atoms with Crippen molar-refractivity contribution in [3.05, 3.63) is 65.2 Å². The van der Waals surface area contributed by atoms with E-state index in [-0.39, 0.29) is 5.91 Å². The van der Waals surface area contributed by atoms with Crippen molar-refractivity contribution in [2.75, 3.05) is 19.4 Å². The Bertz CT molecular complexity index is 588. The second-order valence-electron chi connectivity index (χ2n) is 5.12. The summed E-state index contributed by atoms with van der Waals surface area (Å²) >= 11 is 0. The number of amides is 1. The highest BCUT2D eigenvalue weighted by Crippen LogP contribution is 2.13. The molecule has 0 heterocycles. The minimum Gasteiger partial charge on any atom is -0.381 e. The lowest BCUT2D eigenvalue weighted by Crippen LogP contribution is -2.21. The molecule has 0 aromatic heterocycles. The number of carbonyl (C=O) groups is 1. The molecule has 3 heteroatoms. The predicted molar refractivity (Wildman–Crippen MR) is 83.0 cm³/mol. The van der Waals surface area contributed by atoms with Gasteiger partial charge < -0.3 is 10.2 Å². The van der Waals surface area contributed by atoms with E-state index in [1.165, 1.54) is 11.1 Å². The average Bonchev–Trinajstić information content (AvgIpc) is 2.45. The quantitative estimate of drug-likeness (QED) is 0.922. The van der Waals surface area contributed by atoms with Crippen molar-refractivity contribution < 1.29 is 4.79 Å². The van der Waals surface area contributed by atoms with Gasteiger partial charge in [-0.05, 0) is 36.8 Å². The minimum absolute atomic E-state index is 0.0234. The van der Waals surface area contributed by atoms with Crippen molar-refractivity contribution >= 4 is 11.6 Å². The highest BCUT2D eigenvalue weighted by atomic mass is 16.2. The molecule has 1 amide bonds. The lowest BCUT2D eigenvalue weighted by Gasteiger charge is -2.11. The van der Waals surface area contributed by atoms with E-state index < -0.39 is 0 Å². The Hall–Kier alpha value is -2.29. The number of benzene rings is 2. The second-order valence-corrected chi connectivity index (χ2v) is 5.12. The minimum atomic E-state index is 0.0234. The van der Waals surface area contributed by atoms with Crippen LogP contribution < -0.4 is 5.32 Å². The molecule has 1 N–H and O–H groups in total. The SMILES string of the molecule is Cc1cccc(CNc2ccc(C(=O)N(C)C)cc2)c1. The zero-order valence-electron chi connectivity index (χ0n) is 12.2. The molecule has 0 aliphatic heterocycles. The van der Waals surface area contributed by atoms with Crippen LogP contribution in [0.15, 0.2) is 48.5 Å². The normalized spacial score (nSPS) is 10.2. The fourth-order valence-electron chi connectivity index (χ4n) is 2.02. The molecule has 0 saturated heterocycles. The van der Waals surface area contributed by atoms with Gasteiger partial charge in [-0.3, -0.25) is 4.79 Å². The van der Waals surface area contributed by atoms with Crippen molar-refractivity contribution in [3.8, 4) is 0 Å². The van der Waals surface area contributed by atoms with Crippen LogP contribution in [0.3, 0.4) is 0 Å². The third-order valence-corrected chi connectivity index (χ3v) is 3.12. The molecular formula is C17H20N2O. The topological polar surface area (TPSA) is 32.3 Å². The molecular weight excluding hydrogens is 248 g/mol. The summed E-state index contributed by atoms with van der Waals surface area (Å²) in [5.41, 5.74) is 4.23.